The average molecular weight is 306 g/mol. The van der Waals surface area contributed by atoms with Crippen molar-refractivity contribution in [2.24, 2.45) is 0 Å². The fraction of sp³-hybridized carbons (Fsp3) is 0. The van der Waals surface area contributed by atoms with Crippen LogP contribution < -0.4 is 16.4 Å². The number of hydrogen-bond donors (Lipinski definition) is 3. The molecule has 2 amide bonds. The number of anilines is 2. The zero-order valence-electron chi connectivity index (χ0n) is 10.9. The Morgan fingerprint density at radius 3 is 2.71 bits per heavy atom. The Morgan fingerprint density at radius 1 is 1.24 bits per heavy atom. The van der Waals surface area contributed by atoms with Gasteiger partial charge in [0, 0.05) is 17.5 Å². The van der Waals surface area contributed by atoms with Gasteiger partial charge in [0.25, 0.3) is 0 Å². The van der Waals surface area contributed by atoms with E-state index in [4.69, 9.17) is 17.3 Å². The van der Waals surface area contributed by atoms with Crippen LogP contribution in [0.4, 0.5) is 20.6 Å². The van der Waals surface area contributed by atoms with Crippen LogP contribution in [0.15, 0.2) is 48.7 Å². The van der Waals surface area contributed by atoms with Gasteiger partial charge < -0.3 is 16.4 Å². The van der Waals surface area contributed by atoms with Gasteiger partial charge in [0.1, 0.15) is 5.82 Å². The Balaban J connectivity index is 1.93. The molecule has 4 nitrogen and oxygen atoms in total. The van der Waals surface area contributed by atoms with Crippen LogP contribution in [-0.4, -0.2) is 6.03 Å². The number of benzene rings is 2. The summed E-state index contributed by atoms with van der Waals surface area (Å²) in [5.41, 5.74) is 6.89. The lowest BCUT2D eigenvalue weighted by Gasteiger charge is -2.06. The summed E-state index contributed by atoms with van der Waals surface area (Å²) >= 11 is 5.85. The molecular weight excluding hydrogens is 293 g/mol. The second-order valence-corrected chi connectivity index (χ2v) is 4.60. The first-order valence-corrected chi connectivity index (χ1v) is 6.47. The maximum absolute atomic E-state index is 13.3. The topological polar surface area (TPSA) is 67.1 Å². The lowest BCUT2D eigenvalue weighted by molar-refractivity contribution is 0.255. The molecule has 0 aromatic heterocycles. The summed E-state index contributed by atoms with van der Waals surface area (Å²) in [7, 11) is 0. The molecule has 0 fully saturated rings. The highest BCUT2D eigenvalue weighted by Gasteiger charge is 2.02. The van der Waals surface area contributed by atoms with Gasteiger partial charge in [-0.05, 0) is 30.3 Å². The lowest BCUT2D eigenvalue weighted by atomic mass is 10.2. The predicted octanol–water partition coefficient (Wildman–Crippen LogP) is 3.85. The van der Waals surface area contributed by atoms with Gasteiger partial charge in [0.15, 0.2) is 0 Å². The first kappa shape index (κ1) is 14.9. The lowest BCUT2D eigenvalue weighted by Crippen LogP contribution is -2.23. The van der Waals surface area contributed by atoms with Crippen molar-refractivity contribution >= 4 is 35.1 Å². The van der Waals surface area contributed by atoms with Crippen molar-refractivity contribution in [1.29, 1.82) is 0 Å². The number of nitrogens with two attached hydrogens (primary N) is 1. The maximum Gasteiger partial charge on any atom is 0.323 e. The summed E-state index contributed by atoms with van der Waals surface area (Å²) in [6, 6.07) is 10.5. The monoisotopic (exact) mass is 305 g/mol. The second-order valence-electron chi connectivity index (χ2n) is 4.19. The van der Waals surface area contributed by atoms with E-state index in [0.29, 0.717) is 22.0 Å². The summed E-state index contributed by atoms with van der Waals surface area (Å²) < 4.78 is 13.3. The fourth-order valence-corrected chi connectivity index (χ4v) is 1.77. The Hall–Kier alpha value is -2.53. The van der Waals surface area contributed by atoms with Crippen molar-refractivity contribution < 1.29 is 9.18 Å². The van der Waals surface area contributed by atoms with Gasteiger partial charge in [-0.25, -0.2) is 9.18 Å². The average Bonchev–Trinajstić information content (AvgIpc) is 2.45. The predicted molar refractivity (Wildman–Crippen MR) is 83.5 cm³/mol. The van der Waals surface area contributed by atoms with Gasteiger partial charge in [0.2, 0.25) is 0 Å². The third-order valence-electron chi connectivity index (χ3n) is 2.64. The molecular formula is C15H13ClFN3O. The zero-order valence-corrected chi connectivity index (χ0v) is 11.7. The number of rotatable bonds is 3. The van der Waals surface area contributed by atoms with Gasteiger partial charge in [-0.1, -0.05) is 29.8 Å². The van der Waals surface area contributed by atoms with Crippen molar-refractivity contribution in [2.45, 2.75) is 0 Å². The molecule has 0 heterocycles. The van der Waals surface area contributed by atoms with Crippen LogP contribution >= 0.6 is 11.6 Å². The standard InChI is InChI=1S/C15H13ClFN3O/c16-12-9-11(5-6-14(12)18)20-15(21)19-8-7-10-3-1-2-4-13(10)17/h1-9H,18H2,(H2,19,20,21)/b8-7+. The Morgan fingerprint density at radius 2 is 2.00 bits per heavy atom. The minimum absolute atomic E-state index is 0.356. The number of nitrogens with one attached hydrogen (secondary N) is 2. The molecule has 108 valence electrons. The number of halogens is 2. The smallest absolute Gasteiger partial charge is 0.323 e. The molecule has 0 bridgehead atoms. The van der Waals surface area contributed by atoms with Gasteiger partial charge in [-0.15, -0.1) is 0 Å². The molecule has 0 aliphatic heterocycles. The van der Waals surface area contributed by atoms with Crippen LogP contribution in [0.25, 0.3) is 6.08 Å². The van der Waals surface area contributed by atoms with Gasteiger partial charge >= 0.3 is 6.03 Å². The summed E-state index contributed by atoms with van der Waals surface area (Å²) in [6.45, 7) is 0. The highest BCUT2D eigenvalue weighted by Crippen LogP contribution is 2.22. The summed E-state index contributed by atoms with van der Waals surface area (Å²) in [5.74, 6) is -0.360. The van der Waals surface area contributed by atoms with E-state index in [2.05, 4.69) is 10.6 Å². The molecule has 2 aromatic rings. The van der Waals surface area contributed by atoms with E-state index >= 15 is 0 Å². The quantitative estimate of drug-likeness (QED) is 0.754. The second kappa shape index (κ2) is 6.76. The molecule has 21 heavy (non-hydrogen) atoms. The molecule has 4 N–H and O–H groups in total. The minimum atomic E-state index is -0.469. The summed E-state index contributed by atoms with van der Waals surface area (Å²) in [6.07, 6.45) is 2.82. The van der Waals surface area contributed by atoms with Crippen LogP contribution in [0, 0.1) is 5.82 Å². The normalized spacial score (nSPS) is 10.6. The van der Waals surface area contributed by atoms with E-state index in [-0.39, 0.29) is 5.82 Å². The van der Waals surface area contributed by atoms with Crippen LogP contribution in [0.5, 0.6) is 0 Å². The van der Waals surface area contributed by atoms with E-state index < -0.39 is 6.03 Å². The zero-order chi connectivity index (χ0) is 15.2. The molecule has 0 aliphatic rings. The number of nitrogen functional groups attached to an aromatic ring is 1. The Kier molecular flexibility index (Phi) is 4.79. The summed E-state index contributed by atoms with van der Waals surface area (Å²) in [5, 5.41) is 5.40. The Bertz CT molecular complexity index is 688. The number of amides is 2. The van der Waals surface area contributed by atoms with Gasteiger partial charge in [0.05, 0.1) is 10.7 Å². The maximum atomic E-state index is 13.3. The minimum Gasteiger partial charge on any atom is -0.398 e. The third-order valence-corrected chi connectivity index (χ3v) is 2.97. The highest BCUT2D eigenvalue weighted by molar-refractivity contribution is 6.33. The molecule has 6 heteroatoms. The first-order chi connectivity index (χ1) is 10.1. The molecule has 0 atom stereocenters. The number of hydrogen-bond acceptors (Lipinski definition) is 2. The molecule has 0 saturated heterocycles. The van der Waals surface area contributed by atoms with Crippen LogP contribution in [0.3, 0.4) is 0 Å². The number of carbonyl (C=O) groups excluding carboxylic acids is 1. The van der Waals surface area contributed by atoms with Crippen LogP contribution in [-0.2, 0) is 0 Å². The molecule has 0 spiro atoms. The summed E-state index contributed by atoms with van der Waals surface area (Å²) in [4.78, 5) is 11.6. The van der Waals surface area contributed by atoms with Crippen molar-refractivity contribution in [3.05, 3.63) is 65.1 Å². The molecule has 2 aromatic carbocycles. The van der Waals surface area contributed by atoms with Gasteiger partial charge in [-0.2, -0.15) is 0 Å². The Labute approximate surface area is 126 Å². The van der Waals surface area contributed by atoms with E-state index in [1.165, 1.54) is 24.4 Å². The first-order valence-electron chi connectivity index (χ1n) is 6.10. The van der Waals surface area contributed by atoms with E-state index in [9.17, 15) is 9.18 Å². The van der Waals surface area contributed by atoms with E-state index in [1.807, 2.05) is 0 Å². The SMILES string of the molecule is Nc1ccc(NC(=O)N/C=C/c2ccccc2F)cc1Cl. The molecule has 0 aliphatic carbocycles. The van der Waals surface area contributed by atoms with Gasteiger partial charge in [-0.3, -0.25) is 0 Å². The van der Waals surface area contributed by atoms with Crippen LogP contribution in [0.2, 0.25) is 5.02 Å². The third kappa shape index (κ3) is 4.22. The highest BCUT2D eigenvalue weighted by atomic mass is 35.5. The largest absolute Gasteiger partial charge is 0.398 e. The van der Waals surface area contributed by atoms with Crippen molar-refractivity contribution in [2.75, 3.05) is 11.1 Å². The van der Waals surface area contributed by atoms with E-state index in [1.54, 1.807) is 30.3 Å². The van der Waals surface area contributed by atoms with Crippen molar-refractivity contribution in [1.82, 2.24) is 5.32 Å². The number of carbonyl (C=O) groups is 1. The molecule has 0 radical (unpaired) electrons. The van der Waals surface area contributed by atoms with E-state index in [0.717, 1.165) is 0 Å². The van der Waals surface area contributed by atoms with Crippen molar-refractivity contribution in [3.8, 4) is 0 Å². The van der Waals surface area contributed by atoms with Crippen molar-refractivity contribution in [3.63, 3.8) is 0 Å². The molecule has 0 saturated carbocycles. The fourth-order valence-electron chi connectivity index (χ4n) is 1.59. The molecule has 0 unspecified atom stereocenters. The molecule has 2 rings (SSSR count). The number of urea groups is 1. The van der Waals surface area contributed by atoms with Crippen LogP contribution in [0.1, 0.15) is 5.56 Å².